The Hall–Kier alpha value is -1.16. The Morgan fingerprint density at radius 2 is 1.89 bits per heavy atom. The maximum absolute atomic E-state index is 11.7. The van der Waals surface area contributed by atoms with Crippen LogP contribution < -0.4 is 4.74 Å². The number of rotatable bonds is 5. The van der Waals surface area contributed by atoms with Crippen LogP contribution in [0.4, 0.5) is 0 Å². The second-order valence-corrected chi connectivity index (χ2v) is 6.97. The summed E-state index contributed by atoms with van der Waals surface area (Å²) < 4.78 is 20.5. The molecule has 0 bridgehead atoms. The Morgan fingerprint density at radius 3 is 2.39 bits per heavy atom. The number of hydrogen-bond acceptors (Lipinski definition) is 2. The molecule has 1 unspecified atom stereocenters. The van der Waals surface area contributed by atoms with Crippen molar-refractivity contribution in [3.8, 4) is 5.75 Å². The number of methoxy groups -OCH3 is 1. The monoisotopic (exact) mass is 267 g/mol. The highest BCUT2D eigenvalue weighted by atomic mass is 32.2. The van der Waals surface area contributed by atoms with Crippen LogP contribution in [0.2, 0.25) is 0 Å². The minimum absolute atomic E-state index is 0.281. The summed E-state index contributed by atoms with van der Waals surface area (Å²) in [5.74, 6) is 0.862. The van der Waals surface area contributed by atoms with Crippen molar-refractivity contribution < 1.29 is 8.95 Å². The van der Waals surface area contributed by atoms with Gasteiger partial charge in [0, 0.05) is 6.21 Å². The SMILES string of the molecule is COc1ccc(CCC=NS(=O)C(C)(C)C)cc1. The van der Waals surface area contributed by atoms with E-state index in [4.69, 9.17) is 4.74 Å². The normalized spacial score (nSPS) is 13.8. The molecule has 0 saturated carbocycles. The van der Waals surface area contributed by atoms with Crippen LogP contribution in [-0.2, 0) is 17.4 Å². The van der Waals surface area contributed by atoms with Crippen molar-refractivity contribution in [1.82, 2.24) is 0 Å². The van der Waals surface area contributed by atoms with E-state index in [0.29, 0.717) is 0 Å². The molecule has 18 heavy (non-hydrogen) atoms. The first-order valence-electron chi connectivity index (χ1n) is 6.01. The molecule has 1 aromatic rings. The zero-order chi connectivity index (χ0) is 13.6. The third-order valence-electron chi connectivity index (χ3n) is 2.42. The molecule has 1 aromatic carbocycles. The molecule has 0 aliphatic heterocycles. The van der Waals surface area contributed by atoms with Crippen molar-refractivity contribution in [3.63, 3.8) is 0 Å². The number of hydrogen-bond donors (Lipinski definition) is 0. The van der Waals surface area contributed by atoms with Crippen LogP contribution in [0, 0.1) is 0 Å². The lowest BCUT2D eigenvalue weighted by Gasteiger charge is -2.12. The van der Waals surface area contributed by atoms with E-state index in [9.17, 15) is 4.21 Å². The first-order valence-corrected chi connectivity index (χ1v) is 7.11. The van der Waals surface area contributed by atoms with Gasteiger partial charge >= 0.3 is 0 Å². The Bertz CT molecular complexity index is 418. The van der Waals surface area contributed by atoms with Gasteiger partial charge in [-0.1, -0.05) is 12.1 Å². The molecule has 4 heteroatoms. The Morgan fingerprint density at radius 1 is 1.28 bits per heavy atom. The molecular formula is C14H21NO2S. The second kappa shape index (κ2) is 6.69. The molecule has 0 fully saturated rings. The summed E-state index contributed by atoms with van der Waals surface area (Å²) in [6, 6.07) is 7.96. The Labute approximate surface area is 112 Å². The third kappa shape index (κ3) is 5.00. The molecule has 0 N–H and O–H groups in total. The Balaban J connectivity index is 2.42. The molecule has 0 saturated heterocycles. The average Bonchev–Trinajstić information content (AvgIpc) is 2.34. The molecule has 1 rings (SSSR count). The molecule has 1 atom stereocenters. The van der Waals surface area contributed by atoms with E-state index < -0.39 is 11.0 Å². The van der Waals surface area contributed by atoms with E-state index in [1.807, 2.05) is 45.0 Å². The van der Waals surface area contributed by atoms with Crippen LogP contribution in [-0.4, -0.2) is 22.3 Å². The molecule has 0 radical (unpaired) electrons. The quantitative estimate of drug-likeness (QED) is 0.769. The van der Waals surface area contributed by atoms with E-state index in [1.54, 1.807) is 13.3 Å². The van der Waals surface area contributed by atoms with Crippen molar-refractivity contribution in [1.29, 1.82) is 0 Å². The lowest BCUT2D eigenvalue weighted by Crippen LogP contribution is -2.19. The van der Waals surface area contributed by atoms with Gasteiger partial charge in [-0.05, 0) is 51.3 Å². The van der Waals surface area contributed by atoms with Gasteiger partial charge in [0.05, 0.1) is 11.9 Å². The first-order chi connectivity index (χ1) is 8.43. The van der Waals surface area contributed by atoms with Gasteiger partial charge in [0.15, 0.2) is 0 Å². The number of nitrogens with zero attached hydrogens (tertiary/aromatic N) is 1. The Kier molecular flexibility index (Phi) is 5.54. The van der Waals surface area contributed by atoms with Gasteiger partial charge in [-0.25, -0.2) is 4.21 Å². The zero-order valence-corrected chi connectivity index (χ0v) is 12.3. The van der Waals surface area contributed by atoms with Crippen LogP contribution in [0.5, 0.6) is 5.75 Å². The largest absolute Gasteiger partial charge is 0.497 e. The molecule has 0 heterocycles. The van der Waals surface area contributed by atoms with Crippen molar-refractivity contribution in [2.75, 3.05) is 7.11 Å². The highest BCUT2D eigenvalue weighted by Crippen LogP contribution is 2.13. The third-order valence-corrected chi connectivity index (χ3v) is 3.80. The van der Waals surface area contributed by atoms with Crippen LogP contribution in [0.25, 0.3) is 0 Å². The van der Waals surface area contributed by atoms with Crippen LogP contribution in [0.3, 0.4) is 0 Å². The van der Waals surface area contributed by atoms with Gasteiger partial charge in [-0.2, -0.15) is 4.40 Å². The standard InChI is InChI=1S/C14H21NO2S/c1-14(2,3)18(16)15-11-5-6-12-7-9-13(17-4)10-8-12/h7-11H,5-6H2,1-4H3. The summed E-state index contributed by atoms with van der Waals surface area (Å²) in [7, 11) is 0.505. The summed E-state index contributed by atoms with van der Waals surface area (Å²) in [6.07, 6.45) is 3.45. The van der Waals surface area contributed by atoms with Crippen molar-refractivity contribution in [3.05, 3.63) is 29.8 Å². The summed E-state index contributed by atoms with van der Waals surface area (Å²) in [4.78, 5) is 0. The molecule has 0 aliphatic carbocycles. The van der Waals surface area contributed by atoms with Crippen molar-refractivity contribution in [2.45, 2.75) is 38.4 Å². The van der Waals surface area contributed by atoms with Gasteiger partial charge in [0.2, 0.25) is 0 Å². The first kappa shape index (κ1) is 14.9. The molecule has 0 aromatic heterocycles. The van der Waals surface area contributed by atoms with Crippen LogP contribution in [0.1, 0.15) is 32.8 Å². The maximum Gasteiger partial charge on any atom is 0.144 e. The summed E-state index contributed by atoms with van der Waals surface area (Å²) >= 11 is 0. The fraction of sp³-hybridized carbons (Fsp3) is 0.500. The van der Waals surface area contributed by atoms with Crippen molar-refractivity contribution in [2.24, 2.45) is 4.40 Å². The predicted octanol–water partition coefficient (Wildman–Crippen LogP) is 3.16. The summed E-state index contributed by atoms with van der Waals surface area (Å²) in [5, 5.41) is 0. The highest BCUT2D eigenvalue weighted by molar-refractivity contribution is 7.85. The van der Waals surface area contributed by atoms with Crippen LogP contribution in [0.15, 0.2) is 28.7 Å². The fourth-order valence-electron chi connectivity index (χ4n) is 1.30. The van der Waals surface area contributed by atoms with E-state index in [1.165, 1.54) is 5.56 Å². The molecule has 3 nitrogen and oxygen atoms in total. The maximum atomic E-state index is 11.7. The van der Waals surface area contributed by atoms with Gasteiger partial charge < -0.3 is 4.74 Å². The van der Waals surface area contributed by atoms with Gasteiger partial charge in [-0.3, -0.25) is 0 Å². The lowest BCUT2D eigenvalue weighted by molar-refractivity contribution is 0.414. The highest BCUT2D eigenvalue weighted by Gasteiger charge is 2.17. The molecule has 100 valence electrons. The molecule has 0 aliphatic rings. The van der Waals surface area contributed by atoms with Gasteiger partial charge in [0.1, 0.15) is 16.7 Å². The lowest BCUT2D eigenvalue weighted by atomic mass is 10.1. The summed E-state index contributed by atoms with van der Waals surface area (Å²) in [5.41, 5.74) is 1.23. The average molecular weight is 267 g/mol. The van der Waals surface area contributed by atoms with Crippen molar-refractivity contribution >= 4 is 17.2 Å². The number of aryl methyl sites for hydroxylation is 1. The second-order valence-electron chi connectivity index (χ2n) is 5.04. The number of ether oxygens (including phenoxy) is 1. The molecule has 0 spiro atoms. The van der Waals surface area contributed by atoms with Gasteiger partial charge in [0.25, 0.3) is 0 Å². The van der Waals surface area contributed by atoms with E-state index in [2.05, 4.69) is 4.40 Å². The van der Waals surface area contributed by atoms with Crippen LogP contribution >= 0.6 is 0 Å². The molecule has 0 amide bonds. The fourth-order valence-corrected chi connectivity index (χ4v) is 1.86. The predicted molar refractivity (Wildman–Crippen MR) is 77.7 cm³/mol. The van der Waals surface area contributed by atoms with Gasteiger partial charge in [-0.15, -0.1) is 0 Å². The van der Waals surface area contributed by atoms with E-state index >= 15 is 0 Å². The zero-order valence-electron chi connectivity index (χ0n) is 11.5. The summed E-state index contributed by atoms with van der Waals surface area (Å²) in [6.45, 7) is 5.76. The minimum Gasteiger partial charge on any atom is -0.497 e. The van der Waals surface area contributed by atoms with E-state index in [0.717, 1.165) is 18.6 Å². The minimum atomic E-state index is -1.15. The number of benzene rings is 1. The topological polar surface area (TPSA) is 38.7 Å². The smallest absolute Gasteiger partial charge is 0.144 e. The molecular weight excluding hydrogens is 246 g/mol. The van der Waals surface area contributed by atoms with E-state index in [-0.39, 0.29) is 4.75 Å².